The van der Waals surface area contributed by atoms with E-state index in [0.29, 0.717) is 17.7 Å². The van der Waals surface area contributed by atoms with Gasteiger partial charge < -0.3 is 5.32 Å². The molecule has 2 nitrogen and oxygen atoms in total. The summed E-state index contributed by atoms with van der Waals surface area (Å²) in [5.41, 5.74) is 0. The normalized spacial score (nSPS) is 33.6. The van der Waals surface area contributed by atoms with Crippen LogP contribution in [0, 0.1) is 17.8 Å². The third-order valence-corrected chi connectivity index (χ3v) is 3.49. The van der Waals surface area contributed by atoms with Gasteiger partial charge in [-0.3, -0.25) is 4.79 Å². The second-order valence-electron chi connectivity index (χ2n) is 4.22. The standard InChI is InChI=1S/C11H16ClNO/c12-4-1-5-13-11(14)10-7-8-2-3-9(10)6-8/h2-3,8-10H,1,4-7H2,(H,13,14). The van der Waals surface area contributed by atoms with Crippen LogP contribution in [0.4, 0.5) is 0 Å². The molecule has 3 heteroatoms. The average molecular weight is 214 g/mol. The van der Waals surface area contributed by atoms with E-state index in [0.717, 1.165) is 19.4 Å². The van der Waals surface area contributed by atoms with Crippen molar-refractivity contribution < 1.29 is 4.79 Å². The highest BCUT2D eigenvalue weighted by molar-refractivity contribution is 6.17. The monoisotopic (exact) mass is 213 g/mol. The van der Waals surface area contributed by atoms with E-state index in [1.807, 2.05) is 0 Å². The molecule has 0 aromatic carbocycles. The first-order chi connectivity index (χ1) is 6.81. The van der Waals surface area contributed by atoms with Crippen molar-refractivity contribution in [1.29, 1.82) is 0 Å². The molecule has 2 bridgehead atoms. The summed E-state index contributed by atoms with van der Waals surface area (Å²) in [7, 11) is 0. The minimum absolute atomic E-state index is 0.229. The van der Waals surface area contributed by atoms with Gasteiger partial charge in [-0.15, -0.1) is 11.6 Å². The number of hydrogen-bond acceptors (Lipinski definition) is 1. The van der Waals surface area contributed by atoms with Gasteiger partial charge >= 0.3 is 0 Å². The van der Waals surface area contributed by atoms with E-state index in [1.165, 1.54) is 6.42 Å². The lowest BCUT2D eigenvalue weighted by molar-refractivity contribution is -0.125. The maximum Gasteiger partial charge on any atom is 0.223 e. The fraction of sp³-hybridized carbons (Fsp3) is 0.727. The first kappa shape index (κ1) is 10.0. The van der Waals surface area contributed by atoms with Crippen LogP contribution in [0.3, 0.4) is 0 Å². The average Bonchev–Trinajstić information content (AvgIpc) is 2.79. The lowest BCUT2D eigenvalue weighted by Gasteiger charge is -2.17. The van der Waals surface area contributed by atoms with Crippen LogP contribution in [0.1, 0.15) is 19.3 Å². The fourth-order valence-corrected chi connectivity index (χ4v) is 2.63. The van der Waals surface area contributed by atoms with Crippen molar-refractivity contribution in [3.63, 3.8) is 0 Å². The Morgan fingerprint density at radius 2 is 2.29 bits per heavy atom. The smallest absolute Gasteiger partial charge is 0.223 e. The van der Waals surface area contributed by atoms with Crippen LogP contribution in [-0.2, 0) is 4.79 Å². The number of hydrogen-bond donors (Lipinski definition) is 1. The number of allylic oxidation sites excluding steroid dienone is 2. The third kappa shape index (κ3) is 1.95. The molecule has 0 saturated heterocycles. The lowest BCUT2D eigenvalue weighted by Crippen LogP contribution is -2.33. The summed E-state index contributed by atoms with van der Waals surface area (Å²) >= 11 is 5.55. The Labute approximate surface area is 89.7 Å². The van der Waals surface area contributed by atoms with E-state index in [4.69, 9.17) is 11.6 Å². The Balaban J connectivity index is 1.79. The molecule has 3 atom stereocenters. The van der Waals surface area contributed by atoms with E-state index in [9.17, 15) is 4.79 Å². The highest BCUT2D eigenvalue weighted by atomic mass is 35.5. The molecule has 1 N–H and O–H groups in total. The summed E-state index contributed by atoms with van der Waals surface area (Å²) in [6, 6.07) is 0. The summed E-state index contributed by atoms with van der Waals surface area (Å²) in [6.07, 6.45) is 7.57. The van der Waals surface area contributed by atoms with Gasteiger partial charge in [0, 0.05) is 18.3 Å². The highest BCUT2D eigenvalue weighted by Crippen LogP contribution is 2.43. The molecule has 14 heavy (non-hydrogen) atoms. The van der Waals surface area contributed by atoms with Gasteiger partial charge in [0.05, 0.1) is 0 Å². The molecular formula is C11H16ClNO. The predicted molar refractivity (Wildman–Crippen MR) is 57.2 cm³/mol. The molecular weight excluding hydrogens is 198 g/mol. The molecule has 0 heterocycles. The van der Waals surface area contributed by atoms with Gasteiger partial charge in [0.25, 0.3) is 0 Å². The summed E-state index contributed by atoms with van der Waals surface area (Å²) < 4.78 is 0. The zero-order chi connectivity index (χ0) is 9.97. The molecule has 2 aliphatic carbocycles. The van der Waals surface area contributed by atoms with E-state index >= 15 is 0 Å². The van der Waals surface area contributed by atoms with E-state index < -0.39 is 0 Å². The Hall–Kier alpha value is -0.500. The zero-order valence-corrected chi connectivity index (χ0v) is 8.96. The molecule has 0 aliphatic heterocycles. The molecule has 0 aromatic heterocycles. The van der Waals surface area contributed by atoms with Crippen molar-refractivity contribution in [2.24, 2.45) is 17.8 Å². The van der Waals surface area contributed by atoms with Crippen LogP contribution in [0.2, 0.25) is 0 Å². The minimum Gasteiger partial charge on any atom is -0.356 e. The number of carbonyl (C=O) groups excluding carboxylic acids is 1. The Morgan fingerprint density at radius 1 is 1.43 bits per heavy atom. The number of rotatable bonds is 4. The van der Waals surface area contributed by atoms with Gasteiger partial charge in [-0.05, 0) is 31.1 Å². The van der Waals surface area contributed by atoms with E-state index in [-0.39, 0.29) is 11.8 Å². The summed E-state index contributed by atoms with van der Waals surface area (Å²) in [5.74, 6) is 2.27. The van der Waals surface area contributed by atoms with Crippen molar-refractivity contribution in [2.75, 3.05) is 12.4 Å². The van der Waals surface area contributed by atoms with Gasteiger partial charge in [0.15, 0.2) is 0 Å². The topological polar surface area (TPSA) is 29.1 Å². The molecule has 1 amide bonds. The predicted octanol–water partition coefficient (Wildman–Crippen LogP) is 1.94. The van der Waals surface area contributed by atoms with Crippen molar-refractivity contribution in [2.45, 2.75) is 19.3 Å². The molecule has 1 fully saturated rings. The van der Waals surface area contributed by atoms with Crippen molar-refractivity contribution >= 4 is 17.5 Å². The lowest BCUT2D eigenvalue weighted by atomic mass is 9.93. The molecule has 0 aromatic rings. The molecule has 0 spiro atoms. The fourth-order valence-electron chi connectivity index (χ4n) is 2.49. The van der Waals surface area contributed by atoms with Crippen LogP contribution in [0.5, 0.6) is 0 Å². The summed E-state index contributed by atoms with van der Waals surface area (Å²) in [5, 5.41) is 2.95. The van der Waals surface area contributed by atoms with Gasteiger partial charge in [0.1, 0.15) is 0 Å². The number of nitrogens with one attached hydrogen (secondary N) is 1. The Bertz CT molecular complexity index is 252. The van der Waals surface area contributed by atoms with Gasteiger partial charge in [-0.1, -0.05) is 12.2 Å². The molecule has 3 unspecified atom stereocenters. The molecule has 0 radical (unpaired) electrons. The highest BCUT2D eigenvalue weighted by Gasteiger charge is 2.39. The number of carbonyl (C=O) groups is 1. The molecule has 1 saturated carbocycles. The van der Waals surface area contributed by atoms with Crippen LogP contribution in [-0.4, -0.2) is 18.3 Å². The van der Waals surface area contributed by atoms with Crippen LogP contribution in [0.15, 0.2) is 12.2 Å². The Morgan fingerprint density at radius 3 is 2.86 bits per heavy atom. The van der Waals surface area contributed by atoms with Crippen molar-refractivity contribution in [1.82, 2.24) is 5.32 Å². The SMILES string of the molecule is O=C(NCCCCl)C1CC2C=CC1C2. The van der Waals surface area contributed by atoms with Crippen molar-refractivity contribution in [3.8, 4) is 0 Å². The number of fused-ring (bicyclic) bond motifs is 2. The minimum atomic E-state index is 0.229. The van der Waals surface area contributed by atoms with Gasteiger partial charge in [-0.25, -0.2) is 0 Å². The number of amides is 1. The third-order valence-electron chi connectivity index (χ3n) is 3.23. The second-order valence-corrected chi connectivity index (χ2v) is 4.60. The van der Waals surface area contributed by atoms with E-state index in [2.05, 4.69) is 17.5 Å². The van der Waals surface area contributed by atoms with Crippen LogP contribution < -0.4 is 5.32 Å². The van der Waals surface area contributed by atoms with Gasteiger partial charge in [-0.2, -0.15) is 0 Å². The zero-order valence-electron chi connectivity index (χ0n) is 8.21. The van der Waals surface area contributed by atoms with E-state index in [1.54, 1.807) is 0 Å². The molecule has 78 valence electrons. The Kier molecular flexibility index (Phi) is 3.12. The van der Waals surface area contributed by atoms with Crippen molar-refractivity contribution in [3.05, 3.63) is 12.2 Å². The quantitative estimate of drug-likeness (QED) is 0.432. The molecule has 2 aliphatic rings. The maximum atomic E-state index is 11.7. The number of halogens is 1. The maximum absolute atomic E-state index is 11.7. The van der Waals surface area contributed by atoms with Gasteiger partial charge in [0.2, 0.25) is 5.91 Å². The first-order valence-corrected chi connectivity index (χ1v) is 5.86. The largest absolute Gasteiger partial charge is 0.356 e. The van der Waals surface area contributed by atoms with Crippen LogP contribution >= 0.6 is 11.6 Å². The first-order valence-electron chi connectivity index (χ1n) is 5.33. The summed E-state index contributed by atoms with van der Waals surface area (Å²) in [4.78, 5) is 11.7. The second kappa shape index (κ2) is 4.35. The number of alkyl halides is 1. The summed E-state index contributed by atoms with van der Waals surface area (Å²) in [6.45, 7) is 0.722. The van der Waals surface area contributed by atoms with Crippen LogP contribution in [0.25, 0.3) is 0 Å². The molecule has 2 rings (SSSR count).